The number of carbonyl (C=O) groups excluding carboxylic acids is 1. The fourth-order valence-corrected chi connectivity index (χ4v) is 2.68. The summed E-state index contributed by atoms with van der Waals surface area (Å²) in [6.45, 7) is 1.24. The first-order valence-corrected chi connectivity index (χ1v) is 7.19. The maximum atomic E-state index is 12.7. The predicted molar refractivity (Wildman–Crippen MR) is 75.7 cm³/mol. The third kappa shape index (κ3) is 3.91. The first-order valence-electron chi connectivity index (χ1n) is 7.19. The number of amides is 1. The van der Waals surface area contributed by atoms with Crippen LogP contribution in [-0.2, 0) is 0 Å². The molecule has 21 heavy (non-hydrogen) atoms. The van der Waals surface area contributed by atoms with Gasteiger partial charge in [0, 0.05) is 12.6 Å². The molecule has 1 aliphatic rings. The summed E-state index contributed by atoms with van der Waals surface area (Å²) in [6.07, 6.45) is 1.74. The second kappa shape index (κ2) is 7.36. The van der Waals surface area contributed by atoms with Crippen molar-refractivity contribution in [1.29, 1.82) is 0 Å². The fraction of sp³-hybridized carbons (Fsp3) is 0.533. The van der Waals surface area contributed by atoms with Gasteiger partial charge in [0.25, 0.3) is 5.91 Å². The normalized spacial score (nSPS) is 16.0. The van der Waals surface area contributed by atoms with Gasteiger partial charge >= 0.3 is 6.61 Å². The summed E-state index contributed by atoms with van der Waals surface area (Å²) in [5.41, 5.74) is 0.193. The number of rotatable bonds is 5. The van der Waals surface area contributed by atoms with Gasteiger partial charge in [-0.2, -0.15) is 8.78 Å². The van der Waals surface area contributed by atoms with Crippen molar-refractivity contribution in [3.8, 4) is 5.75 Å². The lowest BCUT2D eigenvalue weighted by Crippen LogP contribution is -2.46. The van der Waals surface area contributed by atoms with Crippen molar-refractivity contribution in [3.05, 3.63) is 29.8 Å². The fourth-order valence-electron chi connectivity index (χ4n) is 2.68. The number of halogens is 2. The second-order valence-electron chi connectivity index (χ2n) is 4.95. The third-order valence-electron chi connectivity index (χ3n) is 3.68. The Hall–Kier alpha value is -1.69. The van der Waals surface area contributed by atoms with Crippen molar-refractivity contribution in [3.63, 3.8) is 0 Å². The summed E-state index contributed by atoms with van der Waals surface area (Å²) < 4.78 is 29.3. The van der Waals surface area contributed by atoms with Crippen LogP contribution in [0.5, 0.6) is 5.75 Å². The van der Waals surface area contributed by atoms with E-state index in [4.69, 9.17) is 0 Å². The molecule has 0 unspecified atom stereocenters. The van der Waals surface area contributed by atoms with E-state index in [-0.39, 0.29) is 23.3 Å². The first-order chi connectivity index (χ1) is 10.1. The van der Waals surface area contributed by atoms with E-state index in [1.807, 2.05) is 6.92 Å². The van der Waals surface area contributed by atoms with Crippen molar-refractivity contribution in [2.45, 2.75) is 32.4 Å². The number of hydrogen-bond acceptors (Lipinski definition) is 3. The number of ether oxygens (including phenoxy) is 1. The number of carbonyl (C=O) groups is 1. The summed E-state index contributed by atoms with van der Waals surface area (Å²) in [6, 6.07) is 6.31. The number of nitrogens with zero attached hydrogens (tertiary/aromatic N) is 1. The highest BCUT2D eigenvalue weighted by Gasteiger charge is 2.27. The summed E-state index contributed by atoms with van der Waals surface area (Å²) in [7, 11) is 0. The van der Waals surface area contributed by atoms with Crippen LogP contribution in [0.3, 0.4) is 0 Å². The molecule has 0 radical (unpaired) electrons. The SMILES string of the molecule is CCN(C(=O)c1ccccc1OC(F)F)C1CCNCC1. The van der Waals surface area contributed by atoms with Gasteiger partial charge in [-0.1, -0.05) is 12.1 Å². The van der Waals surface area contributed by atoms with E-state index < -0.39 is 6.61 Å². The van der Waals surface area contributed by atoms with Crippen LogP contribution in [-0.4, -0.2) is 43.1 Å². The molecule has 0 bridgehead atoms. The van der Waals surface area contributed by atoms with E-state index in [0.29, 0.717) is 6.54 Å². The maximum absolute atomic E-state index is 12.7. The van der Waals surface area contributed by atoms with Gasteiger partial charge in [0.1, 0.15) is 5.75 Å². The molecule has 1 amide bonds. The number of alkyl halides is 2. The monoisotopic (exact) mass is 298 g/mol. The van der Waals surface area contributed by atoms with Crippen molar-refractivity contribution >= 4 is 5.91 Å². The van der Waals surface area contributed by atoms with Crippen LogP contribution in [0.25, 0.3) is 0 Å². The van der Waals surface area contributed by atoms with Gasteiger partial charge in [-0.3, -0.25) is 4.79 Å². The van der Waals surface area contributed by atoms with Crippen molar-refractivity contribution in [2.75, 3.05) is 19.6 Å². The molecule has 1 saturated heterocycles. The predicted octanol–water partition coefficient (Wildman–Crippen LogP) is 2.50. The molecule has 0 saturated carbocycles. The molecule has 2 rings (SSSR count). The van der Waals surface area contributed by atoms with E-state index in [9.17, 15) is 13.6 Å². The van der Waals surface area contributed by atoms with Crippen LogP contribution in [0, 0.1) is 0 Å². The van der Waals surface area contributed by atoms with Crippen molar-refractivity contribution in [2.24, 2.45) is 0 Å². The van der Waals surface area contributed by atoms with Crippen molar-refractivity contribution in [1.82, 2.24) is 10.2 Å². The molecule has 1 aromatic carbocycles. The zero-order valence-electron chi connectivity index (χ0n) is 12.0. The molecule has 0 spiro atoms. The van der Waals surface area contributed by atoms with Crippen LogP contribution in [0.2, 0.25) is 0 Å². The number of benzene rings is 1. The van der Waals surface area contributed by atoms with Crippen LogP contribution in [0.1, 0.15) is 30.1 Å². The number of para-hydroxylation sites is 1. The lowest BCUT2D eigenvalue weighted by atomic mass is 10.0. The van der Waals surface area contributed by atoms with E-state index >= 15 is 0 Å². The lowest BCUT2D eigenvalue weighted by molar-refractivity contribution is -0.0503. The Labute approximate surface area is 123 Å². The van der Waals surface area contributed by atoms with Crippen LogP contribution >= 0.6 is 0 Å². The minimum absolute atomic E-state index is 0.0649. The van der Waals surface area contributed by atoms with E-state index in [1.165, 1.54) is 12.1 Å². The minimum atomic E-state index is -2.94. The Bertz CT molecular complexity index is 476. The quantitative estimate of drug-likeness (QED) is 0.908. The average molecular weight is 298 g/mol. The molecule has 0 aliphatic carbocycles. The number of nitrogens with one attached hydrogen (secondary N) is 1. The minimum Gasteiger partial charge on any atom is -0.434 e. The molecule has 1 heterocycles. The standard InChI is InChI=1S/C15H20F2N2O2/c1-2-19(11-7-9-18-10-8-11)14(20)12-5-3-4-6-13(12)21-15(16)17/h3-6,11,15,18H,2,7-10H2,1H3. The molecule has 1 N–H and O–H groups in total. The topological polar surface area (TPSA) is 41.6 Å². The van der Waals surface area contributed by atoms with E-state index in [2.05, 4.69) is 10.1 Å². The third-order valence-corrected chi connectivity index (χ3v) is 3.68. The molecule has 1 fully saturated rings. The summed E-state index contributed by atoms with van der Waals surface area (Å²) in [4.78, 5) is 14.4. The van der Waals surface area contributed by atoms with E-state index in [1.54, 1.807) is 17.0 Å². The highest BCUT2D eigenvalue weighted by molar-refractivity contribution is 5.97. The van der Waals surface area contributed by atoms with Gasteiger partial charge in [-0.25, -0.2) is 0 Å². The summed E-state index contributed by atoms with van der Waals surface area (Å²) in [5.74, 6) is -0.314. The summed E-state index contributed by atoms with van der Waals surface area (Å²) in [5, 5.41) is 3.25. The smallest absolute Gasteiger partial charge is 0.387 e. The van der Waals surface area contributed by atoms with Gasteiger partial charge in [0.15, 0.2) is 0 Å². The van der Waals surface area contributed by atoms with Crippen LogP contribution in [0.4, 0.5) is 8.78 Å². The van der Waals surface area contributed by atoms with Crippen LogP contribution < -0.4 is 10.1 Å². The van der Waals surface area contributed by atoms with Gasteiger partial charge in [-0.15, -0.1) is 0 Å². The first kappa shape index (κ1) is 15.7. The zero-order chi connectivity index (χ0) is 15.2. The Morgan fingerprint density at radius 3 is 2.67 bits per heavy atom. The molecule has 0 atom stereocenters. The Kier molecular flexibility index (Phi) is 5.50. The zero-order valence-corrected chi connectivity index (χ0v) is 12.0. The Morgan fingerprint density at radius 2 is 2.05 bits per heavy atom. The molecule has 1 aromatic rings. The number of piperidine rings is 1. The molecule has 6 heteroatoms. The largest absolute Gasteiger partial charge is 0.434 e. The highest BCUT2D eigenvalue weighted by atomic mass is 19.3. The molecule has 116 valence electrons. The molecule has 4 nitrogen and oxygen atoms in total. The molecular weight excluding hydrogens is 278 g/mol. The second-order valence-corrected chi connectivity index (χ2v) is 4.95. The summed E-state index contributed by atoms with van der Waals surface area (Å²) >= 11 is 0. The average Bonchev–Trinajstić information content (AvgIpc) is 2.49. The Balaban J connectivity index is 2.20. The highest BCUT2D eigenvalue weighted by Crippen LogP contribution is 2.24. The van der Waals surface area contributed by atoms with E-state index in [0.717, 1.165) is 25.9 Å². The van der Waals surface area contributed by atoms with Crippen LogP contribution in [0.15, 0.2) is 24.3 Å². The Morgan fingerprint density at radius 1 is 1.38 bits per heavy atom. The molecule has 0 aromatic heterocycles. The lowest BCUT2D eigenvalue weighted by Gasteiger charge is -2.34. The van der Waals surface area contributed by atoms with Gasteiger partial charge < -0.3 is 15.0 Å². The van der Waals surface area contributed by atoms with Gasteiger partial charge in [-0.05, 0) is 45.0 Å². The molecular formula is C15H20F2N2O2. The van der Waals surface area contributed by atoms with Gasteiger partial charge in [0.2, 0.25) is 0 Å². The molecule has 1 aliphatic heterocycles. The maximum Gasteiger partial charge on any atom is 0.387 e. The number of hydrogen-bond donors (Lipinski definition) is 1. The van der Waals surface area contributed by atoms with Gasteiger partial charge in [0.05, 0.1) is 5.56 Å². The van der Waals surface area contributed by atoms with Crippen molar-refractivity contribution < 1.29 is 18.3 Å².